The van der Waals surface area contributed by atoms with Crippen LogP contribution in [0.4, 0.5) is 17.1 Å². The van der Waals surface area contributed by atoms with Gasteiger partial charge in [-0.3, -0.25) is 4.79 Å². The van der Waals surface area contributed by atoms with Crippen LogP contribution in [0.1, 0.15) is 27.2 Å². The van der Waals surface area contributed by atoms with Gasteiger partial charge in [0.2, 0.25) is 5.78 Å². The molecule has 1 aliphatic heterocycles. The number of aromatic amines is 1. The van der Waals surface area contributed by atoms with Crippen LogP contribution in [0.3, 0.4) is 0 Å². The van der Waals surface area contributed by atoms with Crippen molar-refractivity contribution in [1.29, 1.82) is 0 Å². The number of ketones is 1. The number of carbonyl (C=O) groups excluding carboxylic acids is 1. The van der Waals surface area contributed by atoms with Gasteiger partial charge in [0.1, 0.15) is 5.71 Å². The molecule has 0 saturated carbocycles. The Labute approximate surface area is 162 Å². The molecule has 1 aromatic heterocycles. The van der Waals surface area contributed by atoms with E-state index in [0.717, 1.165) is 44.8 Å². The molecule has 0 saturated heterocycles. The minimum Gasteiger partial charge on any atom is -0.353 e. The summed E-state index contributed by atoms with van der Waals surface area (Å²) >= 11 is 0. The summed E-state index contributed by atoms with van der Waals surface area (Å²) in [5, 5.41) is 4.63. The topological polar surface area (TPSA) is 57.2 Å². The Bertz CT molecular complexity index is 1260. The van der Waals surface area contributed by atoms with Crippen molar-refractivity contribution in [3.05, 3.63) is 89.1 Å². The average Bonchev–Trinajstić information content (AvgIpc) is 3.23. The fraction of sp³-hybridized carbons (Fsp3) is 0.0833. The number of Topliss-reactive ketones (excluding diaryl/α,β-unsaturated/α-hetero) is 1. The SMILES string of the molecule is Cc1cccc(C)c1Nc1c(C2=Nc3ccccc3C2=O)[nH]c2ccccc12. The number of H-pyrrole nitrogens is 1. The largest absolute Gasteiger partial charge is 0.353 e. The van der Waals surface area contributed by atoms with E-state index in [9.17, 15) is 4.79 Å². The predicted molar refractivity (Wildman–Crippen MR) is 114 cm³/mol. The predicted octanol–water partition coefficient (Wildman–Crippen LogP) is 5.85. The van der Waals surface area contributed by atoms with E-state index < -0.39 is 0 Å². The number of aryl methyl sites for hydroxylation is 2. The molecule has 0 amide bonds. The van der Waals surface area contributed by atoms with Crippen LogP contribution < -0.4 is 5.32 Å². The Morgan fingerprint density at radius 3 is 2.32 bits per heavy atom. The highest BCUT2D eigenvalue weighted by Gasteiger charge is 2.29. The molecular formula is C24H19N3O. The van der Waals surface area contributed by atoms with Gasteiger partial charge in [-0.1, -0.05) is 48.5 Å². The second-order valence-corrected chi connectivity index (χ2v) is 7.12. The minimum atomic E-state index is -0.0493. The van der Waals surface area contributed by atoms with Crippen molar-refractivity contribution >= 4 is 39.5 Å². The highest BCUT2D eigenvalue weighted by molar-refractivity contribution is 6.55. The first-order valence-corrected chi connectivity index (χ1v) is 9.30. The van der Waals surface area contributed by atoms with Crippen LogP contribution >= 0.6 is 0 Å². The van der Waals surface area contributed by atoms with Crippen molar-refractivity contribution in [3.63, 3.8) is 0 Å². The summed E-state index contributed by atoms with van der Waals surface area (Å²) in [6.45, 7) is 4.16. The number of rotatable bonds is 3. The van der Waals surface area contributed by atoms with Crippen molar-refractivity contribution in [1.82, 2.24) is 4.98 Å². The first kappa shape index (κ1) is 16.5. The van der Waals surface area contributed by atoms with Gasteiger partial charge in [-0.05, 0) is 43.2 Å². The summed E-state index contributed by atoms with van der Waals surface area (Å²) in [5.74, 6) is -0.0493. The van der Waals surface area contributed by atoms with Crippen LogP contribution in [0.2, 0.25) is 0 Å². The summed E-state index contributed by atoms with van der Waals surface area (Å²) in [5.41, 5.74) is 7.76. The van der Waals surface area contributed by atoms with Crippen LogP contribution in [-0.4, -0.2) is 16.5 Å². The van der Waals surface area contributed by atoms with E-state index in [0.29, 0.717) is 11.3 Å². The molecule has 4 nitrogen and oxygen atoms in total. The molecule has 28 heavy (non-hydrogen) atoms. The van der Waals surface area contributed by atoms with Crippen LogP contribution in [0.25, 0.3) is 10.9 Å². The van der Waals surface area contributed by atoms with E-state index in [2.05, 4.69) is 47.3 Å². The molecule has 0 atom stereocenters. The second kappa shape index (κ2) is 6.20. The first-order valence-electron chi connectivity index (χ1n) is 9.30. The summed E-state index contributed by atoms with van der Waals surface area (Å²) in [6, 6.07) is 21.7. The number of aromatic nitrogens is 1. The maximum absolute atomic E-state index is 13.0. The van der Waals surface area contributed by atoms with Gasteiger partial charge in [0.25, 0.3) is 0 Å². The molecule has 0 spiro atoms. The highest BCUT2D eigenvalue weighted by Crippen LogP contribution is 2.37. The first-order chi connectivity index (χ1) is 13.6. The molecule has 4 aromatic rings. The van der Waals surface area contributed by atoms with Gasteiger partial charge >= 0.3 is 0 Å². The number of carbonyl (C=O) groups is 1. The number of hydrogen-bond donors (Lipinski definition) is 2. The zero-order valence-electron chi connectivity index (χ0n) is 15.7. The van der Waals surface area contributed by atoms with Crippen LogP contribution in [0, 0.1) is 13.8 Å². The molecule has 1 aliphatic rings. The minimum absolute atomic E-state index is 0.0493. The molecule has 0 radical (unpaired) electrons. The molecular weight excluding hydrogens is 346 g/mol. The van der Waals surface area contributed by atoms with Crippen LogP contribution in [-0.2, 0) is 0 Å². The van der Waals surface area contributed by atoms with Crippen LogP contribution in [0.15, 0.2) is 71.7 Å². The number of nitrogens with zero attached hydrogens (tertiary/aromatic N) is 1. The van der Waals surface area contributed by atoms with E-state index in [-0.39, 0.29) is 5.78 Å². The van der Waals surface area contributed by atoms with E-state index in [4.69, 9.17) is 0 Å². The lowest BCUT2D eigenvalue weighted by Gasteiger charge is -2.13. The third-order valence-corrected chi connectivity index (χ3v) is 5.27. The summed E-state index contributed by atoms with van der Waals surface area (Å²) in [6.07, 6.45) is 0. The zero-order chi connectivity index (χ0) is 19.3. The van der Waals surface area contributed by atoms with Gasteiger partial charge in [-0.2, -0.15) is 0 Å². The summed E-state index contributed by atoms with van der Waals surface area (Å²) < 4.78 is 0. The van der Waals surface area contributed by atoms with Gasteiger partial charge in [0.15, 0.2) is 0 Å². The smallest absolute Gasteiger partial charge is 0.215 e. The fourth-order valence-electron chi connectivity index (χ4n) is 3.82. The molecule has 0 aliphatic carbocycles. The quantitative estimate of drug-likeness (QED) is 0.479. The fourth-order valence-corrected chi connectivity index (χ4v) is 3.82. The Morgan fingerprint density at radius 2 is 1.54 bits per heavy atom. The average molecular weight is 365 g/mol. The van der Waals surface area contributed by atoms with Crippen LogP contribution in [0.5, 0.6) is 0 Å². The molecule has 2 heterocycles. The van der Waals surface area contributed by atoms with Crippen molar-refractivity contribution in [2.24, 2.45) is 4.99 Å². The molecule has 2 N–H and O–H groups in total. The Hall–Kier alpha value is -3.66. The van der Waals surface area contributed by atoms with Gasteiger partial charge in [0.05, 0.1) is 17.1 Å². The van der Waals surface area contributed by atoms with Crippen molar-refractivity contribution in [2.45, 2.75) is 13.8 Å². The highest BCUT2D eigenvalue weighted by atomic mass is 16.1. The lowest BCUT2D eigenvalue weighted by atomic mass is 10.0. The Balaban J connectivity index is 1.71. The Kier molecular flexibility index (Phi) is 3.66. The van der Waals surface area contributed by atoms with Crippen molar-refractivity contribution in [2.75, 3.05) is 5.32 Å². The van der Waals surface area contributed by atoms with E-state index in [1.54, 1.807) is 0 Å². The zero-order valence-corrected chi connectivity index (χ0v) is 15.7. The van der Waals surface area contributed by atoms with Gasteiger partial charge in [0, 0.05) is 22.2 Å². The van der Waals surface area contributed by atoms with Gasteiger partial charge < -0.3 is 10.3 Å². The standard InChI is InChI=1S/C24H19N3O/c1-14-8-7-9-15(2)20(14)27-21-16-10-3-5-12-18(16)25-22(21)23-24(28)17-11-4-6-13-19(17)26-23/h3-13,25,27H,1-2H3. The molecule has 3 aromatic carbocycles. The molecule has 0 unspecified atom stereocenters. The maximum Gasteiger partial charge on any atom is 0.215 e. The third-order valence-electron chi connectivity index (χ3n) is 5.27. The third kappa shape index (κ3) is 2.46. The lowest BCUT2D eigenvalue weighted by Crippen LogP contribution is -2.13. The van der Waals surface area contributed by atoms with E-state index in [1.807, 2.05) is 48.5 Å². The monoisotopic (exact) mass is 365 g/mol. The van der Waals surface area contributed by atoms with Crippen molar-refractivity contribution in [3.8, 4) is 0 Å². The number of fused-ring (bicyclic) bond motifs is 2. The molecule has 4 heteroatoms. The number of benzene rings is 3. The number of para-hydroxylation sites is 3. The van der Waals surface area contributed by atoms with E-state index >= 15 is 0 Å². The molecule has 0 bridgehead atoms. The lowest BCUT2D eigenvalue weighted by molar-refractivity contribution is 0.107. The molecule has 5 rings (SSSR count). The summed E-state index contributed by atoms with van der Waals surface area (Å²) in [7, 11) is 0. The van der Waals surface area contributed by atoms with Crippen molar-refractivity contribution < 1.29 is 4.79 Å². The second-order valence-electron chi connectivity index (χ2n) is 7.12. The molecule has 136 valence electrons. The normalized spacial score (nSPS) is 12.9. The number of nitrogens with one attached hydrogen (secondary N) is 2. The number of hydrogen-bond acceptors (Lipinski definition) is 3. The van der Waals surface area contributed by atoms with Gasteiger partial charge in [-0.25, -0.2) is 4.99 Å². The summed E-state index contributed by atoms with van der Waals surface area (Å²) in [4.78, 5) is 21.1. The van der Waals surface area contributed by atoms with Gasteiger partial charge in [-0.15, -0.1) is 0 Å². The number of anilines is 2. The Morgan fingerprint density at radius 1 is 0.821 bits per heavy atom. The molecule has 0 fully saturated rings. The number of aliphatic imine (C=N–C) groups is 1. The van der Waals surface area contributed by atoms with E-state index in [1.165, 1.54) is 0 Å². The maximum atomic E-state index is 13.0.